The third-order valence-electron chi connectivity index (χ3n) is 3.88. The molecule has 1 aliphatic rings. The second kappa shape index (κ2) is 8.39. The number of methoxy groups -OCH3 is 1. The molecule has 0 atom stereocenters. The van der Waals surface area contributed by atoms with Crippen LogP contribution in [0.1, 0.15) is 16.1 Å². The SMILES string of the molecule is COCCN(Cc1ccco1)C(=O)CNC(=O)c1ccc2c(c1)OCO2. The van der Waals surface area contributed by atoms with Gasteiger partial charge in [-0.2, -0.15) is 0 Å². The first-order valence-corrected chi connectivity index (χ1v) is 8.14. The Morgan fingerprint density at radius 2 is 2.08 bits per heavy atom. The van der Waals surface area contributed by atoms with Crippen molar-refractivity contribution < 1.29 is 28.2 Å². The zero-order chi connectivity index (χ0) is 18.4. The van der Waals surface area contributed by atoms with Crippen LogP contribution in [0.4, 0.5) is 0 Å². The number of benzene rings is 1. The summed E-state index contributed by atoms with van der Waals surface area (Å²) in [7, 11) is 1.57. The first kappa shape index (κ1) is 17.8. The topological polar surface area (TPSA) is 90.2 Å². The van der Waals surface area contributed by atoms with Crippen LogP contribution in [0.3, 0.4) is 0 Å². The number of furan rings is 1. The Balaban J connectivity index is 1.57. The minimum absolute atomic E-state index is 0.127. The maximum Gasteiger partial charge on any atom is 0.251 e. The summed E-state index contributed by atoms with van der Waals surface area (Å²) in [6.07, 6.45) is 1.55. The van der Waals surface area contributed by atoms with Gasteiger partial charge in [-0.3, -0.25) is 9.59 Å². The van der Waals surface area contributed by atoms with E-state index in [2.05, 4.69) is 5.32 Å². The van der Waals surface area contributed by atoms with Crippen molar-refractivity contribution in [2.24, 2.45) is 0 Å². The maximum absolute atomic E-state index is 12.5. The van der Waals surface area contributed by atoms with Gasteiger partial charge in [0, 0.05) is 19.2 Å². The Morgan fingerprint density at radius 1 is 1.23 bits per heavy atom. The predicted octanol–water partition coefficient (Wildman–Crippen LogP) is 1.41. The molecule has 0 saturated heterocycles. The lowest BCUT2D eigenvalue weighted by molar-refractivity contribution is -0.131. The van der Waals surface area contributed by atoms with Crippen molar-refractivity contribution >= 4 is 11.8 Å². The fraction of sp³-hybridized carbons (Fsp3) is 0.333. The maximum atomic E-state index is 12.5. The summed E-state index contributed by atoms with van der Waals surface area (Å²) in [4.78, 5) is 26.3. The number of carbonyl (C=O) groups excluding carboxylic acids is 2. The van der Waals surface area contributed by atoms with Crippen LogP contribution in [0.25, 0.3) is 0 Å². The van der Waals surface area contributed by atoms with Gasteiger partial charge in [-0.1, -0.05) is 0 Å². The number of carbonyl (C=O) groups is 2. The summed E-state index contributed by atoms with van der Waals surface area (Å²) in [6, 6.07) is 8.43. The molecule has 0 aliphatic carbocycles. The van der Waals surface area contributed by atoms with Crippen molar-refractivity contribution in [3.8, 4) is 11.5 Å². The molecule has 0 radical (unpaired) electrons. The lowest BCUT2D eigenvalue weighted by atomic mass is 10.2. The fourth-order valence-corrected chi connectivity index (χ4v) is 2.49. The second-order valence-corrected chi connectivity index (χ2v) is 5.64. The monoisotopic (exact) mass is 360 g/mol. The van der Waals surface area contributed by atoms with E-state index in [-0.39, 0.29) is 25.2 Å². The van der Waals surface area contributed by atoms with E-state index in [9.17, 15) is 9.59 Å². The molecule has 0 bridgehead atoms. The van der Waals surface area contributed by atoms with Crippen molar-refractivity contribution in [1.29, 1.82) is 0 Å². The average molecular weight is 360 g/mol. The van der Waals surface area contributed by atoms with Crippen molar-refractivity contribution in [1.82, 2.24) is 10.2 Å². The van der Waals surface area contributed by atoms with Gasteiger partial charge >= 0.3 is 0 Å². The number of amides is 2. The fourth-order valence-electron chi connectivity index (χ4n) is 2.49. The highest BCUT2D eigenvalue weighted by Crippen LogP contribution is 2.32. The molecule has 2 amide bonds. The zero-order valence-electron chi connectivity index (χ0n) is 14.4. The molecule has 1 aromatic heterocycles. The number of hydrogen-bond acceptors (Lipinski definition) is 6. The van der Waals surface area contributed by atoms with Crippen LogP contribution in [0, 0.1) is 0 Å². The number of ether oxygens (including phenoxy) is 3. The third kappa shape index (κ3) is 4.34. The highest BCUT2D eigenvalue weighted by molar-refractivity contribution is 5.97. The molecular formula is C18H20N2O6. The molecule has 0 saturated carbocycles. The van der Waals surface area contributed by atoms with Crippen LogP contribution in [0.15, 0.2) is 41.0 Å². The van der Waals surface area contributed by atoms with Gasteiger partial charge in [-0.15, -0.1) is 0 Å². The summed E-state index contributed by atoms with van der Waals surface area (Å²) in [5.41, 5.74) is 0.400. The molecular weight excluding hydrogens is 340 g/mol. The minimum Gasteiger partial charge on any atom is -0.467 e. The van der Waals surface area contributed by atoms with Gasteiger partial charge in [0.2, 0.25) is 12.7 Å². The molecule has 2 heterocycles. The van der Waals surface area contributed by atoms with Crippen molar-refractivity contribution in [3.05, 3.63) is 47.9 Å². The molecule has 0 unspecified atom stereocenters. The summed E-state index contributed by atoms with van der Waals surface area (Å²) >= 11 is 0. The van der Waals surface area contributed by atoms with Crippen molar-refractivity contribution in [2.75, 3.05) is 33.6 Å². The molecule has 0 spiro atoms. The molecule has 8 heteroatoms. The van der Waals surface area contributed by atoms with E-state index in [0.29, 0.717) is 42.5 Å². The molecule has 1 N–H and O–H groups in total. The van der Waals surface area contributed by atoms with E-state index in [1.165, 1.54) is 0 Å². The Labute approximate surface area is 150 Å². The third-order valence-corrected chi connectivity index (χ3v) is 3.88. The van der Waals surface area contributed by atoms with Gasteiger partial charge in [0.25, 0.3) is 5.91 Å². The van der Waals surface area contributed by atoms with E-state index in [1.54, 1.807) is 48.6 Å². The number of hydrogen-bond donors (Lipinski definition) is 1. The molecule has 3 rings (SSSR count). The first-order chi connectivity index (χ1) is 12.7. The Bertz CT molecular complexity index is 759. The molecule has 1 aromatic carbocycles. The van der Waals surface area contributed by atoms with Gasteiger partial charge in [0.05, 0.1) is 26.0 Å². The number of fused-ring (bicyclic) bond motifs is 1. The molecule has 8 nitrogen and oxygen atoms in total. The van der Waals surface area contributed by atoms with Crippen LogP contribution in [-0.4, -0.2) is 50.3 Å². The summed E-state index contributed by atoms with van der Waals surface area (Å²) < 4.78 is 20.8. The van der Waals surface area contributed by atoms with Crippen LogP contribution in [0.2, 0.25) is 0 Å². The Morgan fingerprint density at radius 3 is 2.85 bits per heavy atom. The highest BCUT2D eigenvalue weighted by Gasteiger charge is 2.19. The van der Waals surface area contributed by atoms with Gasteiger partial charge in [-0.25, -0.2) is 0 Å². The lowest BCUT2D eigenvalue weighted by Crippen LogP contribution is -2.41. The Hall–Kier alpha value is -3.00. The molecule has 138 valence electrons. The first-order valence-electron chi connectivity index (χ1n) is 8.14. The van der Waals surface area contributed by atoms with Crippen LogP contribution >= 0.6 is 0 Å². The smallest absolute Gasteiger partial charge is 0.251 e. The number of rotatable bonds is 8. The van der Waals surface area contributed by atoms with E-state index in [4.69, 9.17) is 18.6 Å². The zero-order valence-corrected chi connectivity index (χ0v) is 14.4. The standard InChI is InChI=1S/C18H20N2O6/c1-23-8-6-20(11-14-3-2-7-24-14)17(21)10-19-18(22)13-4-5-15-16(9-13)26-12-25-15/h2-5,7,9H,6,8,10-12H2,1H3,(H,19,22). The van der Waals surface area contributed by atoms with Crippen molar-refractivity contribution in [3.63, 3.8) is 0 Å². The van der Waals surface area contributed by atoms with Crippen molar-refractivity contribution in [2.45, 2.75) is 6.54 Å². The molecule has 2 aromatic rings. The van der Waals surface area contributed by atoms with E-state index in [0.717, 1.165) is 0 Å². The minimum atomic E-state index is -0.360. The second-order valence-electron chi connectivity index (χ2n) is 5.64. The summed E-state index contributed by atoms with van der Waals surface area (Å²) in [5.74, 6) is 1.19. The Kier molecular flexibility index (Phi) is 5.75. The largest absolute Gasteiger partial charge is 0.467 e. The average Bonchev–Trinajstić information content (AvgIpc) is 3.33. The van der Waals surface area contributed by atoms with Gasteiger partial charge in [0.15, 0.2) is 11.5 Å². The molecule has 26 heavy (non-hydrogen) atoms. The summed E-state index contributed by atoms with van der Waals surface area (Å²) in [5, 5.41) is 2.63. The number of nitrogens with zero attached hydrogens (tertiary/aromatic N) is 1. The van der Waals surface area contributed by atoms with E-state index in [1.807, 2.05) is 0 Å². The van der Waals surface area contributed by atoms with E-state index < -0.39 is 0 Å². The highest BCUT2D eigenvalue weighted by atomic mass is 16.7. The quantitative estimate of drug-likeness (QED) is 0.766. The van der Waals surface area contributed by atoms with Gasteiger partial charge in [0.1, 0.15) is 5.76 Å². The van der Waals surface area contributed by atoms with Crippen LogP contribution in [0.5, 0.6) is 11.5 Å². The lowest BCUT2D eigenvalue weighted by Gasteiger charge is -2.21. The van der Waals surface area contributed by atoms with Gasteiger partial charge < -0.3 is 28.8 Å². The van der Waals surface area contributed by atoms with Crippen LogP contribution in [-0.2, 0) is 16.1 Å². The predicted molar refractivity (Wildman–Crippen MR) is 90.9 cm³/mol. The normalized spacial score (nSPS) is 12.0. The van der Waals surface area contributed by atoms with Crippen LogP contribution < -0.4 is 14.8 Å². The molecule has 0 fully saturated rings. The molecule has 1 aliphatic heterocycles. The van der Waals surface area contributed by atoms with E-state index >= 15 is 0 Å². The van der Waals surface area contributed by atoms with Gasteiger partial charge in [-0.05, 0) is 30.3 Å². The summed E-state index contributed by atoms with van der Waals surface area (Å²) in [6.45, 7) is 1.12. The number of nitrogens with one attached hydrogen (secondary N) is 1.